The van der Waals surface area contributed by atoms with Crippen LogP contribution in [0.2, 0.25) is 5.02 Å². The van der Waals surface area contributed by atoms with Gasteiger partial charge in [0.25, 0.3) is 0 Å². The highest BCUT2D eigenvalue weighted by Crippen LogP contribution is 2.21. The molecule has 1 aromatic carbocycles. The van der Waals surface area contributed by atoms with Crippen molar-refractivity contribution in [1.29, 1.82) is 0 Å². The van der Waals surface area contributed by atoms with Crippen LogP contribution in [-0.4, -0.2) is 16.3 Å². The van der Waals surface area contributed by atoms with E-state index in [0.717, 1.165) is 36.3 Å². The van der Waals surface area contributed by atoms with Crippen LogP contribution in [0.5, 0.6) is 0 Å². The minimum Gasteiger partial charge on any atom is -0.313 e. The van der Waals surface area contributed by atoms with Crippen molar-refractivity contribution in [2.75, 3.05) is 6.54 Å². The average Bonchev–Trinajstić information content (AvgIpc) is 2.77. The van der Waals surface area contributed by atoms with Gasteiger partial charge in [-0.25, -0.2) is 4.39 Å². The molecule has 20 heavy (non-hydrogen) atoms. The van der Waals surface area contributed by atoms with Gasteiger partial charge < -0.3 is 5.32 Å². The second kappa shape index (κ2) is 6.86. The monoisotopic (exact) mass is 295 g/mol. The zero-order chi connectivity index (χ0) is 14.5. The van der Waals surface area contributed by atoms with Crippen molar-refractivity contribution < 1.29 is 4.39 Å². The zero-order valence-corrected chi connectivity index (χ0v) is 12.5. The van der Waals surface area contributed by atoms with E-state index in [0.29, 0.717) is 6.54 Å². The molecule has 0 fully saturated rings. The van der Waals surface area contributed by atoms with E-state index >= 15 is 0 Å². The van der Waals surface area contributed by atoms with Crippen molar-refractivity contribution >= 4 is 11.6 Å². The maximum absolute atomic E-state index is 13.4. The third kappa shape index (κ3) is 3.38. The smallest absolute Gasteiger partial charge is 0.142 e. The summed E-state index contributed by atoms with van der Waals surface area (Å²) in [6.45, 7) is 6.42. The number of nitrogens with one attached hydrogen (secondary N) is 1. The maximum Gasteiger partial charge on any atom is 0.142 e. The molecule has 0 aliphatic rings. The van der Waals surface area contributed by atoms with Crippen molar-refractivity contribution in [2.24, 2.45) is 0 Å². The molecule has 108 valence electrons. The molecular formula is C15H19ClFN3. The molecule has 1 aromatic heterocycles. The number of halogens is 2. The second-order valence-corrected chi connectivity index (χ2v) is 5.18. The summed E-state index contributed by atoms with van der Waals surface area (Å²) in [5.41, 5.74) is 2.98. The largest absolute Gasteiger partial charge is 0.313 e. The number of aromatic nitrogens is 2. The van der Waals surface area contributed by atoms with Gasteiger partial charge in [-0.3, -0.25) is 4.68 Å². The van der Waals surface area contributed by atoms with Gasteiger partial charge in [0, 0.05) is 17.8 Å². The minimum absolute atomic E-state index is 0.174. The number of rotatable bonds is 6. The van der Waals surface area contributed by atoms with E-state index in [-0.39, 0.29) is 10.8 Å². The molecular weight excluding hydrogens is 277 g/mol. The highest BCUT2D eigenvalue weighted by molar-refractivity contribution is 6.31. The Morgan fingerprint density at radius 2 is 2.15 bits per heavy atom. The van der Waals surface area contributed by atoms with Gasteiger partial charge in [-0.15, -0.1) is 0 Å². The molecule has 0 unspecified atom stereocenters. The maximum atomic E-state index is 13.4. The van der Waals surface area contributed by atoms with E-state index in [1.165, 1.54) is 6.07 Å². The SMILES string of the molecule is CCCNCc1cnn(Cc2cccc(F)c2Cl)c1C. The highest BCUT2D eigenvalue weighted by atomic mass is 35.5. The van der Waals surface area contributed by atoms with Crippen LogP contribution in [-0.2, 0) is 13.1 Å². The lowest BCUT2D eigenvalue weighted by atomic mass is 10.2. The summed E-state index contributed by atoms with van der Waals surface area (Å²) >= 11 is 5.98. The van der Waals surface area contributed by atoms with E-state index in [1.807, 2.05) is 23.9 Å². The van der Waals surface area contributed by atoms with Gasteiger partial charge in [0.2, 0.25) is 0 Å². The van der Waals surface area contributed by atoms with E-state index in [2.05, 4.69) is 17.3 Å². The fraction of sp³-hybridized carbons (Fsp3) is 0.400. The molecule has 2 rings (SSSR count). The van der Waals surface area contributed by atoms with E-state index in [1.54, 1.807) is 6.07 Å². The van der Waals surface area contributed by atoms with Crippen molar-refractivity contribution in [1.82, 2.24) is 15.1 Å². The van der Waals surface area contributed by atoms with E-state index < -0.39 is 0 Å². The molecule has 0 aliphatic carbocycles. The van der Waals surface area contributed by atoms with Crippen molar-refractivity contribution in [3.63, 3.8) is 0 Å². The summed E-state index contributed by atoms with van der Waals surface area (Å²) in [7, 11) is 0. The van der Waals surface area contributed by atoms with Crippen LogP contribution < -0.4 is 5.32 Å². The van der Waals surface area contributed by atoms with Gasteiger partial charge in [-0.2, -0.15) is 5.10 Å². The molecule has 0 spiro atoms. The van der Waals surface area contributed by atoms with Crippen LogP contribution in [0.3, 0.4) is 0 Å². The van der Waals surface area contributed by atoms with Crippen LogP contribution in [0.15, 0.2) is 24.4 Å². The Hall–Kier alpha value is -1.39. The van der Waals surface area contributed by atoms with Crippen LogP contribution in [0.25, 0.3) is 0 Å². The molecule has 0 amide bonds. The first-order valence-corrected chi connectivity index (χ1v) is 7.16. The molecule has 0 aliphatic heterocycles. The topological polar surface area (TPSA) is 29.9 Å². The fourth-order valence-electron chi connectivity index (χ4n) is 2.05. The quantitative estimate of drug-likeness (QED) is 0.826. The van der Waals surface area contributed by atoms with Gasteiger partial charge in [-0.05, 0) is 31.5 Å². The Kier molecular flexibility index (Phi) is 5.15. The molecule has 0 radical (unpaired) electrons. The van der Waals surface area contributed by atoms with Crippen LogP contribution in [0.4, 0.5) is 4.39 Å². The van der Waals surface area contributed by atoms with Gasteiger partial charge in [0.1, 0.15) is 5.82 Å². The summed E-state index contributed by atoms with van der Waals surface area (Å²) < 4.78 is 15.3. The van der Waals surface area contributed by atoms with Gasteiger partial charge >= 0.3 is 0 Å². The number of hydrogen-bond donors (Lipinski definition) is 1. The summed E-state index contributed by atoms with van der Waals surface area (Å²) in [5, 5.41) is 7.88. The first kappa shape index (κ1) is 15.0. The third-order valence-electron chi connectivity index (χ3n) is 3.30. The standard InChI is InChI=1S/C15H19ClFN3/c1-3-7-18-8-13-9-19-20(11(13)2)10-12-5-4-6-14(17)15(12)16/h4-6,9,18H,3,7-8,10H2,1-2H3. The number of hydrogen-bond acceptors (Lipinski definition) is 2. The molecule has 1 N–H and O–H groups in total. The molecule has 1 heterocycles. The average molecular weight is 296 g/mol. The molecule has 0 atom stereocenters. The molecule has 0 saturated heterocycles. The Bertz CT molecular complexity index is 580. The molecule has 5 heteroatoms. The van der Waals surface area contributed by atoms with Gasteiger partial charge in [0.05, 0.1) is 17.8 Å². The van der Waals surface area contributed by atoms with Crippen LogP contribution in [0.1, 0.15) is 30.2 Å². The molecule has 0 saturated carbocycles. The van der Waals surface area contributed by atoms with E-state index in [9.17, 15) is 4.39 Å². The predicted molar refractivity (Wildman–Crippen MR) is 79.5 cm³/mol. The van der Waals surface area contributed by atoms with Crippen molar-refractivity contribution in [3.8, 4) is 0 Å². The lowest BCUT2D eigenvalue weighted by Gasteiger charge is -2.08. The Morgan fingerprint density at radius 3 is 2.90 bits per heavy atom. The Labute approximate surface area is 123 Å². The molecule has 2 aromatic rings. The molecule has 3 nitrogen and oxygen atoms in total. The predicted octanol–water partition coefficient (Wildman–Crippen LogP) is 3.53. The first-order chi connectivity index (χ1) is 9.63. The second-order valence-electron chi connectivity index (χ2n) is 4.80. The highest BCUT2D eigenvalue weighted by Gasteiger charge is 2.10. The van der Waals surface area contributed by atoms with Gasteiger partial charge in [-0.1, -0.05) is 30.7 Å². The van der Waals surface area contributed by atoms with Gasteiger partial charge in [0.15, 0.2) is 0 Å². The van der Waals surface area contributed by atoms with E-state index in [4.69, 9.17) is 11.6 Å². The third-order valence-corrected chi connectivity index (χ3v) is 3.72. The van der Waals surface area contributed by atoms with Crippen LogP contribution >= 0.6 is 11.6 Å². The summed E-state index contributed by atoms with van der Waals surface area (Å²) in [6.07, 6.45) is 2.96. The molecule has 0 bridgehead atoms. The summed E-state index contributed by atoms with van der Waals surface area (Å²) in [5.74, 6) is -0.390. The minimum atomic E-state index is -0.390. The fourth-order valence-corrected chi connectivity index (χ4v) is 2.24. The van der Waals surface area contributed by atoms with Crippen LogP contribution in [0, 0.1) is 12.7 Å². The lowest BCUT2D eigenvalue weighted by Crippen LogP contribution is -2.14. The normalized spacial score (nSPS) is 11.0. The number of benzene rings is 1. The summed E-state index contributed by atoms with van der Waals surface area (Å²) in [6, 6.07) is 4.85. The van der Waals surface area contributed by atoms with Crippen molar-refractivity contribution in [3.05, 3.63) is 52.1 Å². The summed E-state index contributed by atoms with van der Waals surface area (Å²) in [4.78, 5) is 0. The lowest BCUT2D eigenvalue weighted by molar-refractivity contribution is 0.616. The van der Waals surface area contributed by atoms with Crippen molar-refractivity contribution in [2.45, 2.75) is 33.4 Å². The Morgan fingerprint density at radius 1 is 1.35 bits per heavy atom. The zero-order valence-electron chi connectivity index (χ0n) is 11.8. The Balaban J connectivity index is 2.12. The first-order valence-electron chi connectivity index (χ1n) is 6.78. The number of nitrogens with zero attached hydrogens (tertiary/aromatic N) is 2.